The van der Waals surface area contributed by atoms with Crippen LogP contribution in [0.3, 0.4) is 0 Å². The van der Waals surface area contributed by atoms with Crippen molar-refractivity contribution in [1.29, 1.82) is 0 Å². The zero-order chi connectivity index (χ0) is 26.6. The Hall–Kier alpha value is -4.12. The molecule has 5 nitrogen and oxygen atoms in total. The number of ether oxygens (including phenoxy) is 2. The number of hydrogen-bond donors (Lipinski definition) is 0. The molecule has 0 aliphatic rings. The summed E-state index contributed by atoms with van der Waals surface area (Å²) in [5.41, 5.74) is 6.40. The molecule has 5 heteroatoms. The van der Waals surface area contributed by atoms with E-state index in [9.17, 15) is 9.59 Å². The fourth-order valence-electron chi connectivity index (χ4n) is 3.78. The summed E-state index contributed by atoms with van der Waals surface area (Å²) in [6.07, 6.45) is 3.17. The Morgan fingerprint density at radius 3 is 1.38 bits per heavy atom. The van der Waals surface area contributed by atoms with Crippen molar-refractivity contribution < 1.29 is 19.1 Å². The highest BCUT2D eigenvalue weighted by atomic mass is 16.5. The largest absolute Gasteiger partial charge is 0.462 e. The van der Waals surface area contributed by atoms with Crippen LogP contribution < -0.4 is 4.90 Å². The van der Waals surface area contributed by atoms with Gasteiger partial charge in [-0.2, -0.15) is 0 Å². The van der Waals surface area contributed by atoms with E-state index in [1.807, 2.05) is 18.2 Å². The second kappa shape index (κ2) is 13.8. The fourth-order valence-corrected chi connectivity index (χ4v) is 3.78. The van der Waals surface area contributed by atoms with Crippen LogP contribution in [0.1, 0.15) is 37.8 Å². The van der Waals surface area contributed by atoms with Crippen LogP contribution in [0.5, 0.6) is 0 Å². The number of esters is 2. The van der Waals surface area contributed by atoms with Crippen LogP contribution in [0.25, 0.3) is 0 Å². The second-order valence-corrected chi connectivity index (χ2v) is 9.04. The molecule has 0 amide bonds. The van der Waals surface area contributed by atoms with Crippen LogP contribution in [0, 0.1) is 0 Å². The summed E-state index contributed by atoms with van der Waals surface area (Å²) in [5.74, 6) is -0.683. The van der Waals surface area contributed by atoms with Gasteiger partial charge in [0.1, 0.15) is 0 Å². The molecular weight excluding hydrogens is 462 g/mol. The molecule has 0 unspecified atom stereocenters. The molecule has 0 bridgehead atoms. The van der Waals surface area contributed by atoms with Crippen LogP contribution in [0.2, 0.25) is 0 Å². The summed E-state index contributed by atoms with van der Waals surface area (Å²) in [7, 11) is 0. The van der Waals surface area contributed by atoms with Crippen LogP contribution in [0.15, 0.2) is 103 Å². The predicted molar refractivity (Wildman–Crippen MR) is 149 cm³/mol. The number of para-hydroxylation sites is 1. The van der Waals surface area contributed by atoms with E-state index in [1.165, 1.54) is 11.1 Å². The quantitative estimate of drug-likeness (QED) is 0.141. The molecule has 0 radical (unpaired) electrons. The fraction of sp³-hybridized carbons (Fsp3) is 0.250. The molecular formula is C32H35NO4. The summed E-state index contributed by atoms with van der Waals surface area (Å²) < 4.78 is 10.4. The average Bonchev–Trinajstić information content (AvgIpc) is 2.91. The Bertz CT molecular complexity index is 1120. The number of benzene rings is 3. The van der Waals surface area contributed by atoms with Gasteiger partial charge in [0.05, 0.1) is 13.2 Å². The SMILES string of the molecule is C=C(C)C(=O)OCCCc1ccc(N(c2ccccc2)c2ccc(CCCOC(=O)C(=C)C)cc2)cc1. The summed E-state index contributed by atoms with van der Waals surface area (Å²) in [4.78, 5) is 25.3. The van der Waals surface area contributed by atoms with Gasteiger partial charge in [0, 0.05) is 28.2 Å². The first-order valence-electron chi connectivity index (χ1n) is 12.5. The molecule has 0 saturated heterocycles. The maximum atomic E-state index is 11.5. The first-order chi connectivity index (χ1) is 17.8. The van der Waals surface area contributed by atoms with Crippen molar-refractivity contribution in [2.75, 3.05) is 18.1 Å². The molecule has 0 atom stereocenters. The summed E-state index contributed by atoms with van der Waals surface area (Å²) in [6.45, 7) is 11.3. The lowest BCUT2D eigenvalue weighted by atomic mass is 10.1. The van der Waals surface area contributed by atoms with Crippen molar-refractivity contribution in [3.05, 3.63) is 114 Å². The maximum absolute atomic E-state index is 11.5. The third kappa shape index (κ3) is 8.50. The van der Waals surface area contributed by atoms with E-state index >= 15 is 0 Å². The molecule has 3 aromatic carbocycles. The normalized spacial score (nSPS) is 10.4. The number of aryl methyl sites for hydroxylation is 2. The van der Waals surface area contributed by atoms with E-state index in [1.54, 1.807) is 13.8 Å². The number of anilines is 3. The van der Waals surface area contributed by atoms with Gasteiger partial charge < -0.3 is 14.4 Å². The zero-order valence-corrected chi connectivity index (χ0v) is 21.7. The first kappa shape index (κ1) is 27.5. The van der Waals surface area contributed by atoms with E-state index in [4.69, 9.17) is 9.47 Å². The van der Waals surface area contributed by atoms with Crippen LogP contribution in [-0.4, -0.2) is 25.2 Å². The Balaban J connectivity index is 1.66. The van der Waals surface area contributed by atoms with E-state index in [-0.39, 0.29) is 11.9 Å². The topological polar surface area (TPSA) is 55.8 Å². The van der Waals surface area contributed by atoms with E-state index in [2.05, 4.69) is 78.7 Å². The number of hydrogen-bond acceptors (Lipinski definition) is 5. The van der Waals surface area contributed by atoms with Crippen molar-refractivity contribution >= 4 is 29.0 Å². The van der Waals surface area contributed by atoms with Gasteiger partial charge in [0.25, 0.3) is 0 Å². The van der Waals surface area contributed by atoms with Crippen LogP contribution >= 0.6 is 0 Å². The second-order valence-electron chi connectivity index (χ2n) is 9.04. The smallest absolute Gasteiger partial charge is 0.333 e. The molecule has 0 heterocycles. The Morgan fingerprint density at radius 2 is 1.00 bits per heavy atom. The third-order valence-electron chi connectivity index (χ3n) is 5.79. The van der Waals surface area contributed by atoms with Gasteiger partial charge in [0.2, 0.25) is 0 Å². The van der Waals surface area contributed by atoms with Crippen molar-refractivity contribution in [2.45, 2.75) is 39.5 Å². The van der Waals surface area contributed by atoms with E-state index in [0.29, 0.717) is 24.4 Å². The molecule has 0 saturated carbocycles. The Labute approximate surface area is 220 Å². The van der Waals surface area contributed by atoms with Crippen molar-refractivity contribution in [1.82, 2.24) is 0 Å². The molecule has 0 aliphatic carbocycles. The third-order valence-corrected chi connectivity index (χ3v) is 5.79. The Morgan fingerprint density at radius 1 is 0.622 bits per heavy atom. The average molecular weight is 498 g/mol. The minimum absolute atomic E-state index is 0.342. The molecule has 0 aliphatic heterocycles. The van der Waals surface area contributed by atoms with Gasteiger partial charge in [-0.1, -0.05) is 55.6 Å². The van der Waals surface area contributed by atoms with Crippen molar-refractivity contribution in [2.24, 2.45) is 0 Å². The van der Waals surface area contributed by atoms with Gasteiger partial charge in [0.15, 0.2) is 0 Å². The summed E-state index contributed by atoms with van der Waals surface area (Å²) in [5, 5.41) is 0. The molecule has 0 N–H and O–H groups in total. The lowest BCUT2D eigenvalue weighted by Gasteiger charge is -2.26. The molecule has 0 aromatic heterocycles. The van der Waals surface area contributed by atoms with Gasteiger partial charge in [-0.15, -0.1) is 0 Å². The van der Waals surface area contributed by atoms with Gasteiger partial charge in [-0.25, -0.2) is 9.59 Å². The number of nitrogens with zero attached hydrogens (tertiary/aromatic N) is 1. The standard InChI is InChI=1S/C32H35NO4/c1-24(2)31(34)36-22-8-10-26-14-18-29(19-15-26)33(28-12-6-5-7-13-28)30-20-16-27(17-21-30)11-9-23-37-32(35)25(3)4/h5-7,12-21H,1,3,8-11,22-23H2,2,4H3. The molecule has 37 heavy (non-hydrogen) atoms. The number of carbonyl (C=O) groups is 2. The highest BCUT2D eigenvalue weighted by Gasteiger charge is 2.12. The zero-order valence-electron chi connectivity index (χ0n) is 21.7. The number of rotatable bonds is 13. The molecule has 3 aromatic rings. The molecule has 0 spiro atoms. The Kier molecular flexibility index (Phi) is 10.3. The van der Waals surface area contributed by atoms with E-state index < -0.39 is 0 Å². The van der Waals surface area contributed by atoms with Crippen molar-refractivity contribution in [3.8, 4) is 0 Å². The summed E-state index contributed by atoms with van der Waals surface area (Å²) >= 11 is 0. The lowest BCUT2D eigenvalue weighted by Crippen LogP contribution is -2.10. The summed E-state index contributed by atoms with van der Waals surface area (Å²) in [6, 6.07) is 27.2. The first-order valence-corrected chi connectivity index (χ1v) is 12.5. The van der Waals surface area contributed by atoms with Gasteiger partial charge in [-0.3, -0.25) is 0 Å². The molecule has 3 rings (SSSR count). The van der Waals surface area contributed by atoms with Crippen molar-refractivity contribution in [3.63, 3.8) is 0 Å². The van der Waals surface area contributed by atoms with E-state index in [0.717, 1.165) is 42.7 Å². The lowest BCUT2D eigenvalue weighted by molar-refractivity contribution is -0.139. The highest BCUT2D eigenvalue weighted by Crippen LogP contribution is 2.34. The highest BCUT2D eigenvalue weighted by molar-refractivity contribution is 5.87. The van der Waals surface area contributed by atoms with Gasteiger partial charge >= 0.3 is 11.9 Å². The molecule has 192 valence electrons. The molecule has 0 fully saturated rings. The predicted octanol–water partition coefficient (Wildman–Crippen LogP) is 7.26. The minimum Gasteiger partial charge on any atom is -0.462 e. The minimum atomic E-state index is -0.342. The number of carbonyl (C=O) groups excluding carboxylic acids is 2. The maximum Gasteiger partial charge on any atom is 0.333 e. The van der Waals surface area contributed by atoms with Gasteiger partial charge in [-0.05, 0) is 87.1 Å². The van der Waals surface area contributed by atoms with Crippen LogP contribution in [0.4, 0.5) is 17.1 Å². The van der Waals surface area contributed by atoms with Crippen LogP contribution in [-0.2, 0) is 31.9 Å². The monoisotopic (exact) mass is 497 g/mol.